The molecular weight excluding hydrogens is 378 g/mol. The Morgan fingerprint density at radius 2 is 1.96 bits per heavy atom. The molecule has 1 N–H and O–H groups in total. The van der Waals surface area contributed by atoms with Crippen molar-refractivity contribution in [2.24, 2.45) is 5.92 Å². The number of halogens is 1. The van der Waals surface area contributed by atoms with Gasteiger partial charge in [-0.3, -0.25) is 4.68 Å². The fraction of sp³-hybridized carbons (Fsp3) is 0.350. The first kappa shape index (κ1) is 18.0. The van der Waals surface area contributed by atoms with E-state index in [9.17, 15) is 0 Å². The highest BCUT2D eigenvalue weighted by Gasteiger charge is 2.18. The summed E-state index contributed by atoms with van der Waals surface area (Å²) in [5.41, 5.74) is 3.47. The second kappa shape index (κ2) is 8.02. The molecule has 0 saturated carbocycles. The number of aryl methyl sites for hydroxylation is 2. The van der Waals surface area contributed by atoms with Crippen molar-refractivity contribution in [1.29, 1.82) is 0 Å². The number of benzene rings is 1. The Bertz CT molecular complexity index is 793. The van der Waals surface area contributed by atoms with Crippen LogP contribution in [0.4, 0.5) is 0 Å². The molecule has 0 fully saturated rings. The van der Waals surface area contributed by atoms with Crippen molar-refractivity contribution in [3.05, 3.63) is 75.9 Å². The fourth-order valence-corrected chi connectivity index (χ4v) is 3.30. The normalized spacial score (nSPS) is 13.8. The molecule has 0 aliphatic heterocycles. The smallest absolute Gasteiger partial charge is 0.125 e. The molecule has 1 aromatic carbocycles. The SMILES string of the molecule is Cc1cc(C)n(C[C@@H](C)CN[C@H](c2ccc(Br)cc2)c2ccco2)n1. The lowest BCUT2D eigenvalue weighted by molar-refractivity contribution is 0.380. The molecule has 0 spiro atoms. The van der Waals surface area contributed by atoms with E-state index in [0.29, 0.717) is 5.92 Å². The van der Waals surface area contributed by atoms with Crippen molar-refractivity contribution in [2.45, 2.75) is 33.4 Å². The Hall–Kier alpha value is -1.85. The second-order valence-corrected chi connectivity index (χ2v) is 7.54. The third kappa shape index (κ3) is 4.61. The van der Waals surface area contributed by atoms with Gasteiger partial charge in [-0.25, -0.2) is 0 Å². The van der Waals surface area contributed by atoms with Crippen LogP contribution in [0.5, 0.6) is 0 Å². The van der Waals surface area contributed by atoms with Gasteiger partial charge in [-0.2, -0.15) is 5.10 Å². The van der Waals surface area contributed by atoms with E-state index >= 15 is 0 Å². The lowest BCUT2D eigenvalue weighted by atomic mass is 10.0. The Kier molecular flexibility index (Phi) is 5.76. The maximum absolute atomic E-state index is 5.66. The lowest BCUT2D eigenvalue weighted by Gasteiger charge is -2.20. The van der Waals surface area contributed by atoms with E-state index in [1.807, 2.05) is 19.1 Å². The monoisotopic (exact) mass is 401 g/mol. The predicted molar refractivity (Wildman–Crippen MR) is 104 cm³/mol. The van der Waals surface area contributed by atoms with E-state index < -0.39 is 0 Å². The standard InChI is InChI=1S/C20H24BrN3O/c1-14(13-24-16(3)11-15(2)23-24)12-22-20(19-5-4-10-25-19)17-6-8-18(21)9-7-17/h4-11,14,20,22H,12-13H2,1-3H3/t14-,20+/m0/s1. The molecule has 25 heavy (non-hydrogen) atoms. The van der Waals surface area contributed by atoms with Crippen molar-refractivity contribution in [3.63, 3.8) is 0 Å². The van der Waals surface area contributed by atoms with Crippen LogP contribution in [0.25, 0.3) is 0 Å². The highest BCUT2D eigenvalue weighted by molar-refractivity contribution is 9.10. The van der Waals surface area contributed by atoms with Crippen molar-refractivity contribution in [1.82, 2.24) is 15.1 Å². The predicted octanol–water partition coefficient (Wildman–Crippen LogP) is 4.87. The summed E-state index contributed by atoms with van der Waals surface area (Å²) in [5, 5.41) is 8.21. The summed E-state index contributed by atoms with van der Waals surface area (Å²) in [6, 6.07) is 14.5. The first-order chi connectivity index (χ1) is 12.0. The molecule has 0 amide bonds. The molecule has 0 unspecified atom stereocenters. The van der Waals surface area contributed by atoms with Crippen LogP contribution in [-0.4, -0.2) is 16.3 Å². The molecule has 5 heteroatoms. The Morgan fingerprint density at radius 3 is 2.56 bits per heavy atom. The minimum Gasteiger partial charge on any atom is -0.467 e. The van der Waals surface area contributed by atoms with Gasteiger partial charge in [0.25, 0.3) is 0 Å². The summed E-state index contributed by atoms with van der Waals surface area (Å²) in [5.74, 6) is 1.38. The van der Waals surface area contributed by atoms with E-state index in [-0.39, 0.29) is 6.04 Å². The number of nitrogens with one attached hydrogen (secondary N) is 1. The zero-order valence-electron chi connectivity index (χ0n) is 14.9. The zero-order valence-corrected chi connectivity index (χ0v) is 16.5. The molecule has 3 rings (SSSR count). The summed E-state index contributed by atoms with van der Waals surface area (Å²) in [6.45, 7) is 8.16. The van der Waals surface area contributed by atoms with Crippen LogP contribution in [0.1, 0.15) is 35.7 Å². The molecule has 0 aliphatic rings. The van der Waals surface area contributed by atoms with Gasteiger partial charge in [0.05, 0.1) is 18.0 Å². The van der Waals surface area contributed by atoms with Crippen LogP contribution in [0.15, 0.2) is 57.6 Å². The fourth-order valence-electron chi connectivity index (χ4n) is 3.03. The Balaban J connectivity index is 1.68. The molecule has 2 heterocycles. The van der Waals surface area contributed by atoms with Crippen LogP contribution in [-0.2, 0) is 6.54 Å². The minimum atomic E-state index is 0.0472. The van der Waals surface area contributed by atoms with Gasteiger partial charge in [-0.15, -0.1) is 0 Å². The molecule has 3 aromatic rings. The van der Waals surface area contributed by atoms with Crippen molar-refractivity contribution in [2.75, 3.05) is 6.54 Å². The van der Waals surface area contributed by atoms with Gasteiger partial charge >= 0.3 is 0 Å². The quantitative estimate of drug-likeness (QED) is 0.613. The first-order valence-electron chi connectivity index (χ1n) is 8.56. The summed E-state index contributed by atoms with van der Waals surface area (Å²) >= 11 is 3.50. The minimum absolute atomic E-state index is 0.0472. The number of aromatic nitrogens is 2. The third-order valence-electron chi connectivity index (χ3n) is 4.29. The molecule has 2 atom stereocenters. The van der Waals surface area contributed by atoms with Gasteiger partial charge in [0.2, 0.25) is 0 Å². The summed E-state index contributed by atoms with van der Waals surface area (Å²) in [7, 11) is 0. The van der Waals surface area contributed by atoms with E-state index in [4.69, 9.17) is 4.42 Å². The topological polar surface area (TPSA) is 43.0 Å². The number of rotatable bonds is 7. The highest BCUT2D eigenvalue weighted by atomic mass is 79.9. The molecule has 132 valence electrons. The first-order valence-corrected chi connectivity index (χ1v) is 9.35. The average molecular weight is 402 g/mol. The van der Waals surface area contributed by atoms with Crippen molar-refractivity contribution < 1.29 is 4.42 Å². The number of hydrogen-bond donors (Lipinski definition) is 1. The highest BCUT2D eigenvalue weighted by Crippen LogP contribution is 2.24. The molecular formula is C20H24BrN3O. The molecule has 4 nitrogen and oxygen atoms in total. The summed E-state index contributed by atoms with van der Waals surface area (Å²) < 4.78 is 8.82. The van der Waals surface area contributed by atoms with Gasteiger partial charge in [-0.05, 0) is 55.7 Å². The van der Waals surface area contributed by atoms with Crippen LogP contribution in [0.2, 0.25) is 0 Å². The second-order valence-electron chi connectivity index (χ2n) is 6.62. The number of furan rings is 1. The van der Waals surface area contributed by atoms with Crippen LogP contribution in [0.3, 0.4) is 0 Å². The van der Waals surface area contributed by atoms with Gasteiger partial charge in [0.1, 0.15) is 5.76 Å². The Morgan fingerprint density at radius 1 is 1.20 bits per heavy atom. The average Bonchev–Trinajstić information content (AvgIpc) is 3.20. The van der Waals surface area contributed by atoms with Gasteiger partial charge < -0.3 is 9.73 Å². The van der Waals surface area contributed by atoms with Crippen LogP contribution in [0, 0.1) is 19.8 Å². The van der Waals surface area contributed by atoms with E-state index in [2.05, 4.69) is 75.2 Å². The van der Waals surface area contributed by atoms with Gasteiger partial charge in [0.15, 0.2) is 0 Å². The molecule has 0 aliphatic carbocycles. The van der Waals surface area contributed by atoms with Gasteiger partial charge in [0, 0.05) is 23.3 Å². The molecule has 0 saturated heterocycles. The van der Waals surface area contributed by atoms with Gasteiger partial charge in [-0.1, -0.05) is 35.0 Å². The number of hydrogen-bond acceptors (Lipinski definition) is 3. The Labute approximate surface area is 157 Å². The van der Waals surface area contributed by atoms with Crippen LogP contribution >= 0.6 is 15.9 Å². The van der Waals surface area contributed by atoms with Crippen molar-refractivity contribution in [3.8, 4) is 0 Å². The largest absolute Gasteiger partial charge is 0.467 e. The van der Waals surface area contributed by atoms with E-state index in [1.54, 1.807) is 6.26 Å². The summed E-state index contributed by atoms with van der Waals surface area (Å²) in [4.78, 5) is 0. The van der Waals surface area contributed by atoms with Crippen LogP contribution < -0.4 is 5.32 Å². The zero-order chi connectivity index (χ0) is 17.8. The maximum Gasteiger partial charge on any atom is 0.125 e. The lowest BCUT2D eigenvalue weighted by Crippen LogP contribution is -2.29. The van der Waals surface area contributed by atoms with E-state index in [0.717, 1.165) is 29.0 Å². The number of nitrogens with zero attached hydrogens (tertiary/aromatic N) is 2. The molecule has 0 bridgehead atoms. The maximum atomic E-state index is 5.66. The molecule has 2 aromatic heterocycles. The third-order valence-corrected chi connectivity index (χ3v) is 4.82. The van der Waals surface area contributed by atoms with Crippen molar-refractivity contribution >= 4 is 15.9 Å². The molecule has 0 radical (unpaired) electrons. The summed E-state index contributed by atoms with van der Waals surface area (Å²) in [6.07, 6.45) is 1.72. The van der Waals surface area contributed by atoms with E-state index in [1.165, 1.54) is 11.3 Å².